The zero-order chi connectivity index (χ0) is 16.4. The number of benzene rings is 2. The molecule has 1 aliphatic heterocycles. The molecule has 2 aromatic carbocycles. The highest BCUT2D eigenvalue weighted by Crippen LogP contribution is 2.32. The standard InChI is InChI=1S/C21H24N2O/c24-21(17-6-7-18-13-22-14-19(18)12-17)23-20-10-8-16(9-11-20)15-4-2-1-3-5-15/h1-7,12,16,20,22H,8-11,13-14H2,(H,23,24). The van der Waals surface area contributed by atoms with Gasteiger partial charge < -0.3 is 10.6 Å². The van der Waals surface area contributed by atoms with Gasteiger partial charge in [-0.3, -0.25) is 4.79 Å². The van der Waals surface area contributed by atoms with Gasteiger partial charge in [0.2, 0.25) is 0 Å². The zero-order valence-electron chi connectivity index (χ0n) is 13.9. The van der Waals surface area contributed by atoms with Crippen LogP contribution >= 0.6 is 0 Å². The van der Waals surface area contributed by atoms with Crippen molar-refractivity contribution >= 4 is 5.91 Å². The summed E-state index contributed by atoms with van der Waals surface area (Å²) in [6.45, 7) is 1.79. The van der Waals surface area contributed by atoms with Crippen molar-refractivity contribution in [3.8, 4) is 0 Å². The minimum atomic E-state index is 0.0767. The van der Waals surface area contributed by atoms with E-state index in [1.807, 2.05) is 12.1 Å². The second-order valence-electron chi connectivity index (χ2n) is 7.02. The van der Waals surface area contributed by atoms with Gasteiger partial charge in [-0.25, -0.2) is 0 Å². The first-order valence-corrected chi connectivity index (χ1v) is 8.98. The third kappa shape index (κ3) is 3.22. The number of nitrogens with one attached hydrogen (secondary N) is 2. The first-order chi connectivity index (χ1) is 11.8. The summed E-state index contributed by atoms with van der Waals surface area (Å²) in [5, 5.41) is 6.56. The van der Waals surface area contributed by atoms with Crippen LogP contribution in [-0.2, 0) is 13.1 Å². The van der Waals surface area contributed by atoms with E-state index in [-0.39, 0.29) is 5.91 Å². The normalized spacial score (nSPS) is 22.8. The molecule has 2 N–H and O–H groups in total. The molecule has 1 aliphatic carbocycles. The Hall–Kier alpha value is -2.13. The highest BCUT2D eigenvalue weighted by atomic mass is 16.1. The Labute approximate surface area is 143 Å². The Kier molecular flexibility index (Phi) is 4.35. The summed E-state index contributed by atoms with van der Waals surface area (Å²) >= 11 is 0. The predicted octanol–water partition coefficient (Wildman–Crippen LogP) is 3.75. The van der Waals surface area contributed by atoms with Gasteiger partial charge in [-0.15, -0.1) is 0 Å². The Morgan fingerprint density at radius 2 is 1.67 bits per heavy atom. The third-order valence-electron chi connectivity index (χ3n) is 5.43. The van der Waals surface area contributed by atoms with Gasteiger partial charge in [0.25, 0.3) is 5.91 Å². The van der Waals surface area contributed by atoms with E-state index in [0.29, 0.717) is 12.0 Å². The fourth-order valence-electron chi connectivity index (χ4n) is 4.00. The molecule has 2 aliphatic rings. The molecule has 124 valence electrons. The first-order valence-electron chi connectivity index (χ1n) is 8.98. The molecule has 0 aromatic heterocycles. The average molecular weight is 320 g/mol. The van der Waals surface area contributed by atoms with Crippen molar-refractivity contribution in [1.29, 1.82) is 0 Å². The summed E-state index contributed by atoms with van der Waals surface area (Å²) in [5.74, 6) is 0.721. The fourth-order valence-corrected chi connectivity index (χ4v) is 4.00. The Morgan fingerprint density at radius 1 is 0.917 bits per heavy atom. The van der Waals surface area contributed by atoms with Gasteiger partial charge in [0.15, 0.2) is 0 Å². The van der Waals surface area contributed by atoms with E-state index >= 15 is 0 Å². The lowest BCUT2D eigenvalue weighted by atomic mass is 9.81. The molecule has 2 aromatic rings. The number of carbonyl (C=O) groups is 1. The van der Waals surface area contributed by atoms with Crippen molar-refractivity contribution < 1.29 is 4.79 Å². The summed E-state index contributed by atoms with van der Waals surface area (Å²) in [6, 6.07) is 17.1. The van der Waals surface area contributed by atoms with Gasteiger partial charge in [0, 0.05) is 24.7 Å². The van der Waals surface area contributed by atoms with Crippen molar-refractivity contribution in [3.63, 3.8) is 0 Å². The maximum atomic E-state index is 12.5. The first kappa shape index (κ1) is 15.4. The van der Waals surface area contributed by atoms with E-state index in [2.05, 4.69) is 47.0 Å². The Bertz CT molecular complexity index is 718. The van der Waals surface area contributed by atoms with Crippen LogP contribution in [-0.4, -0.2) is 11.9 Å². The quantitative estimate of drug-likeness (QED) is 0.904. The van der Waals surface area contributed by atoms with Crippen molar-refractivity contribution in [2.75, 3.05) is 0 Å². The van der Waals surface area contributed by atoms with E-state index in [1.54, 1.807) is 0 Å². The molecule has 0 saturated heterocycles. The highest BCUT2D eigenvalue weighted by Gasteiger charge is 2.24. The monoisotopic (exact) mass is 320 g/mol. The summed E-state index contributed by atoms with van der Waals surface area (Å²) in [7, 11) is 0. The predicted molar refractivity (Wildman–Crippen MR) is 95.9 cm³/mol. The Balaban J connectivity index is 1.34. The minimum Gasteiger partial charge on any atom is -0.349 e. The third-order valence-corrected chi connectivity index (χ3v) is 5.43. The van der Waals surface area contributed by atoms with Crippen LogP contribution in [0.1, 0.15) is 58.6 Å². The van der Waals surface area contributed by atoms with E-state index in [9.17, 15) is 4.79 Å². The van der Waals surface area contributed by atoms with Crippen LogP contribution < -0.4 is 10.6 Å². The largest absolute Gasteiger partial charge is 0.349 e. The summed E-state index contributed by atoms with van der Waals surface area (Å²) in [4.78, 5) is 12.5. The van der Waals surface area contributed by atoms with Crippen molar-refractivity contribution in [2.24, 2.45) is 0 Å². The minimum absolute atomic E-state index is 0.0767. The second-order valence-corrected chi connectivity index (χ2v) is 7.02. The summed E-state index contributed by atoms with van der Waals surface area (Å²) in [6.07, 6.45) is 4.45. The molecule has 1 amide bonds. The summed E-state index contributed by atoms with van der Waals surface area (Å²) in [5.41, 5.74) is 4.81. The maximum absolute atomic E-state index is 12.5. The van der Waals surface area contributed by atoms with Crippen molar-refractivity contribution in [1.82, 2.24) is 10.6 Å². The van der Waals surface area contributed by atoms with Crippen LogP contribution in [0.2, 0.25) is 0 Å². The van der Waals surface area contributed by atoms with Crippen LogP contribution in [0.5, 0.6) is 0 Å². The second kappa shape index (κ2) is 6.78. The molecule has 3 heteroatoms. The van der Waals surface area contributed by atoms with Gasteiger partial charge in [-0.05, 0) is 60.4 Å². The van der Waals surface area contributed by atoms with E-state index in [1.165, 1.54) is 16.7 Å². The van der Waals surface area contributed by atoms with Gasteiger partial charge in [0.1, 0.15) is 0 Å². The molecule has 0 unspecified atom stereocenters. The van der Waals surface area contributed by atoms with E-state index in [4.69, 9.17) is 0 Å². The van der Waals surface area contributed by atoms with Crippen LogP contribution in [0.15, 0.2) is 48.5 Å². The molecule has 0 bridgehead atoms. The van der Waals surface area contributed by atoms with E-state index < -0.39 is 0 Å². The zero-order valence-corrected chi connectivity index (χ0v) is 13.9. The van der Waals surface area contributed by atoms with Crippen LogP contribution in [0, 0.1) is 0 Å². The van der Waals surface area contributed by atoms with Crippen LogP contribution in [0.3, 0.4) is 0 Å². The molecule has 0 spiro atoms. The Morgan fingerprint density at radius 3 is 2.46 bits per heavy atom. The van der Waals surface area contributed by atoms with Gasteiger partial charge in [-0.1, -0.05) is 36.4 Å². The smallest absolute Gasteiger partial charge is 0.251 e. The van der Waals surface area contributed by atoms with Crippen molar-refractivity contribution in [3.05, 3.63) is 70.8 Å². The summed E-state index contributed by atoms with van der Waals surface area (Å²) < 4.78 is 0. The number of fused-ring (bicyclic) bond motifs is 1. The molecular weight excluding hydrogens is 296 g/mol. The van der Waals surface area contributed by atoms with Crippen LogP contribution in [0.4, 0.5) is 0 Å². The molecule has 1 heterocycles. The number of rotatable bonds is 3. The van der Waals surface area contributed by atoms with Gasteiger partial charge >= 0.3 is 0 Å². The molecule has 24 heavy (non-hydrogen) atoms. The average Bonchev–Trinajstić information content (AvgIpc) is 3.11. The molecular formula is C21H24N2O. The number of carbonyl (C=O) groups excluding carboxylic acids is 1. The molecule has 1 fully saturated rings. The number of amides is 1. The van der Waals surface area contributed by atoms with Gasteiger partial charge in [0.05, 0.1) is 0 Å². The number of hydrogen-bond donors (Lipinski definition) is 2. The molecule has 3 nitrogen and oxygen atoms in total. The van der Waals surface area contributed by atoms with Crippen molar-refractivity contribution in [2.45, 2.75) is 50.7 Å². The topological polar surface area (TPSA) is 41.1 Å². The lowest BCUT2D eigenvalue weighted by Gasteiger charge is -2.29. The maximum Gasteiger partial charge on any atom is 0.251 e. The fraction of sp³-hybridized carbons (Fsp3) is 0.381. The molecule has 0 radical (unpaired) electrons. The number of hydrogen-bond acceptors (Lipinski definition) is 2. The lowest BCUT2D eigenvalue weighted by Crippen LogP contribution is -2.37. The molecule has 1 saturated carbocycles. The lowest BCUT2D eigenvalue weighted by molar-refractivity contribution is 0.0925. The highest BCUT2D eigenvalue weighted by molar-refractivity contribution is 5.94. The SMILES string of the molecule is O=C(NC1CCC(c2ccccc2)CC1)c1ccc2c(c1)CNC2. The van der Waals surface area contributed by atoms with E-state index in [0.717, 1.165) is 44.3 Å². The van der Waals surface area contributed by atoms with Gasteiger partial charge in [-0.2, -0.15) is 0 Å². The molecule has 0 atom stereocenters. The molecule has 4 rings (SSSR count). The van der Waals surface area contributed by atoms with Crippen LogP contribution in [0.25, 0.3) is 0 Å².